The van der Waals surface area contributed by atoms with Crippen molar-refractivity contribution >= 4 is 38.0 Å². The third-order valence-corrected chi connectivity index (χ3v) is 5.17. The first-order valence-corrected chi connectivity index (χ1v) is 7.23. The minimum absolute atomic E-state index is 0.0520. The predicted molar refractivity (Wildman–Crippen MR) is 70.8 cm³/mol. The van der Waals surface area contributed by atoms with Crippen LogP contribution < -0.4 is 0 Å². The van der Waals surface area contributed by atoms with Gasteiger partial charge in [-0.2, -0.15) is 0 Å². The SMILES string of the molecule is CC1(O)CCN(C(=O)c2cc3sccc3s2)C1. The highest BCUT2D eigenvalue weighted by atomic mass is 32.1. The second kappa shape index (κ2) is 3.80. The average Bonchev–Trinajstić information content (AvgIpc) is 2.89. The lowest BCUT2D eigenvalue weighted by molar-refractivity contribution is 0.0575. The first-order valence-electron chi connectivity index (χ1n) is 5.54. The number of β-amino-alcohol motifs (C(OH)–C–C–N with tert-alkyl or cyclic N) is 1. The first-order chi connectivity index (χ1) is 8.05. The van der Waals surface area contributed by atoms with Gasteiger partial charge in [-0.05, 0) is 30.9 Å². The molecule has 0 aliphatic carbocycles. The predicted octanol–water partition coefficient (Wildman–Crippen LogP) is 2.56. The zero-order chi connectivity index (χ0) is 12.0. The topological polar surface area (TPSA) is 40.5 Å². The molecule has 1 saturated heterocycles. The molecule has 0 radical (unpaired) electrons. The fourth-order valence-corrected chi connectivity index (χ4v) is 4.22. The van der Waals surface area contributed by atoms with E-state index in [1.807, 2.05) is 17.5 Å². The van der Waals surface area contributed by atoms with Gasteiger partial charge in [0.05, 0.1) is 10.5 Å². The van der Waals surface area contributed by atoms with Gasteiger partial charge in [-0.1, -0.05) is 0 Å². The Hall–Kier alpha value is -0.910. The number of nitrogens with zero attached hydrogens (tertiary/aromatic N) is 1. The molecule has 1 aliphatic heterocycles. The molecule has 0 spiro atoms. The summed E-state index contributed by atoms with van der Waals surface area (Å²) in [6.07, 6.45) is 0.665. The Kier molecular flexibility index (Phi) is 2.50. The van der Waals surface area contributed by atoms with E-state index in [-0.39, 0.29) is 5.91 Å². The fraction of sp³-hybridized carbons (Fsp3) is 0.417. The van der Waals surface area contributed by atoms with E-state index in [2.05, 4.69) is 0 Å². The molecule has 1 atom stereocenters. The second-order valence-electron chi connectivity index (χ2n) is 4.73. The van der Waals surface area contributed by atoms with Crippen LogP contribution in [0.4, 0.5) is 0 Å². The summed E-state index contributed by atoms with van der Waals surface area (Å²) in [6, 6.07) is 4.00. The minimum Gasteiger partial charge on any atom is -0.388 e. The number of fused-ring (bicyclic) bond motifs is 1. The zero-order valence-electron chi connectivity index (χ0n) is 9.47. The Morgan fingerprint density at radius 2 is 2.35 bits per heavy atom. The van der Waals surface area contributed by atoms with E-state index in [1.165, 1.54) is 20.7 Å². The van der Waals surface area contributed by atoms with Crippen molar-refractivity contribution in [3.05, 3.63) is 22.4 Å². The second-order valence-corrected chi connectivity index (χ2v) is 6.76. The van der Waals surface area contributed by atoms with Gasteiger partial charge < -0.3 is 10.0 Å². The third-order valence-electron chi connectivity index (χ3n) is 3.09. The Morgan fingerprint density at radius 3 is 3.00 bits per heavy atom. The Balaban J connectivity index is 1.85. The van der Waals surface area contributed by atoms with Gasteiger partial charge in [-0.15, -0.1) is 22.7 Å². The molecule has 0 aromatic carbocycles. The summed E-state index contributed by atoms with van der Waals surface area (Å²) in [4.78, 5) is 14.8. The Bertz CT molecular complexity index is 541. The van der Waals surface area contributed by atoms with Gasteiger partial charge in [0.1, 0.15) is 0 Å². The van der Waals surface area contributed by atoms with Crippen molar-refractivity contribution in [2.75, 3.05) is 13.1 Å². The summed E-state index contributed by atoms with van der Waals surface area (Å²) < 4.78 is 2.34. The van der Waals surface area contributed by atoms with E-state index in [1.54, 1.807) is 23.2 Å². The minimum atomic E-state index is -0.718. The van der Waals surface area contributed by atoms with Crippen molar-refractivity contribution in [1.29, 1.82) is 0 Å². The summed E-state index contributed by atoms with van der Waals surface area (Å²) in [5.41, 5.74) is -0.718. The maximum atomic E-state index is 12.2. The van der Waals surface area contributed by atoms with Gasteiger partial charge in [0.25, 0.3) is 5.91 Å². The van der Waals surface area contributed by atoms with Gasteiger partial charge in [-0.3, -0.25) is 4.79 Å². The lowest BCUT2D eigenvalue weighted by Crippen LogP contribution is -2.33. The zero-order valence-corrected chi connectivity index (χ0v) is 11.1. The quantitative estimate of drug-likeness (QED) is 0.862. The monoisotopic (exact) mass is 267 g/mol. The summed E-state index contributed by atoms with van der Waals surface area (Å²) in [6.45, 7) is 2.88. The number of hydrogen-bond acceptors (Lipinski definition) is 4. The number of likely N-dealkylation sites (tertiary alicyclic amines) is 1. The number of carbonyl (C=O) groups excluding carboxylic acids is 1. The summed E-state index contributed by atoms with van der Waals surface area (Å²) >= 11 is 3.19. The maximum Gasteiger partial charge on any atom is 0.264 e. The van der Waals surface area contributed by atoms with Gasteiger partial charge in [0.2, 0.25) is 0 Å². The molecule has 1 amide bonds. The van der Waals surface area contributed by atoms with Crippen LogP contribution in [0, 0.1) is 0 Å². The standard InChI is InChI=1S/C12H13NO2S2/c1-12(15)3-4-13(7-12)11(14)10-6-9-8(17-10)2-5-16-9/h2,5-6,15H,3-4,7H2,1H3. The van der Waals surface area contributed by atoms with E-state index < -0.39 is 5.60 Å². The van der Waals surface area contributed by atoms with Crippen molar-refractivity contribution in [2.45, 2.75) is 18.9 Å². The van der Waals surface area contributed by atoms with Crippen LogP contribution in [0.2, 0.25) is 0 Å². The van der Waals surface area contributed by atoms with Gasteiger partial charge in [0, 0.05) is 22.5 Å². The number of aliphatic hydroxyl groups is 1. The van der Waals surface area contributed by atoms with Crippen LogP contribution >= 0.6 is 22.7 Å². The Morgan fingerprint density at radius 1 is 1.53 bits per heavy atom. The molecule has 90 valence electrons. The van der Waals surface area contributed by atoms with E-state index in [9.17, 15) is 9.90 Å². The number of thiophene rings is 2. The van der Waals surface area contributed by atoms with Crippen LogP contribution in [-0.4, -0.2) is 34.6 Å². The molecule has 17 heavy (non-hydrogen) atoms. The summed E-state index contributed by atoms with van der Waals surface area (Å²) in [5, 5.41) is 11.9. The third kappa shape index (κ3) is 1.99. The highest BCUT2D eigenvalue weighted by molar-refractivity contribution is 7.27. The lowest BCUT2D eigenvalue weighted by Gasteiger charge is -2.18. The normalized spacial score (nSPS) is 24.7. The van der Waals surface area contributed by atoms with Crippen LogP contribution in [0.15, 0.2) is 17.5 Å². The largest absolute Gasteiger partial charge is 0.388 e. The smallest absolute Gasteiger partial charge is 0.264 e. The Labute approximate surface area is 107 Å². The number of hydrogen-bond donors (Lipinski definition) is 1. The van der Waals surface area contributed by atoms with Crippen LogP contribution in [0.1, 0.15) is 23.0 Å². The molecule has 2 aromatic heterocycles. The number of carbonyl (C=O) groups is 1. The van der Waals surface area contributed by atoms with E-state index >= 15 is 0 Å². The molecule has 3 rings (SSSR count). The van der Waals surface area contributed by atoms with Crippen molar-refractivity contribution in [3.63, 3.8) is 0 Å². The van der Waals surface area contributed by atoms with Crippen molar-refractivity contribution in [1.82, 2.24) is 4.90 Å². The van der Waals surface area contributed by atoms with E-state index in [0.717, 1.165) is 4.88 Å². The molecule has 5 heteroatoms. The summed E-state index contributed by atoms with van der Waals surface area (Å²) in [7, 11) is 0. The average molecular weight is 267 g/mol. The molecule has 0 bridgehead atoms. The van der Waals surface area contributed by atoms with Gasteiger partial charge >= 0.3 is 0 Å². The molecular formula is C12H13NO2S2. The number of rotatable bonds is 1. The van der Waals surface area contributed by atoms with Gasteiger partial charge in [0.15, 0.2) is 0 Å². The first kappa shape index (κ1) is 11.2. The lowest BCUT2D eigenvalue weighted by atomic mass is 10.1. The molecule has 3 heterocycles. The fourth-order valence-electron chi connectivity index (χ4n) is 2.15. The highest BCUT2D eigenvalue weighted by Gasteiger charge is 2.34. The maximum absolute atomic E-state index is 12.2. The van der Waals surface area contributed by atoms with Crippen molar-refractivity contribution in [3.8, 4) is 0 Å². The molecular weight excluding hydrogens is 254 g/mol. The van der Waals surface area contributed by atoms with E-state index in [0.29, 0.717) is 19.5 Å². The van der Waals surface area contributed by atoms with Gasteiger partial charge in [-0.25, -0.2) is 0 Å². The van der Waals surface area contributed by atoms with Crippen LogP contribution in [-0.2, 0) is 0 Å². The van der Waals surface area contributed by atoms with E-state index in [4.69, 9.17) is 0 Å². The molecule has 0 saturated carbocycles. The molecule has 1 fully saturated rings. The molecule has 1 aliphatic rings. The highest BCUT2D eigenvalue weighted by Crippen LogP contribution is 2.32. The van der Waals surface area contributed by atoms with Crippen LogP contribution in [0.25, 0.3) is 9.40 Å². The molecule has 1 N–H and O–H groups in total. The molecule has 3 nitrogen and oxygen atoms in total. The molecule has 2 aromatic rings. The summed E-state index contributed by atoms with van der Waals surface area (Å²) in [5.74, 6) is 0.0520. The van der Waals surface area contributed by atoms with Crippen molar-refractivity contribution in [2.24, 2.45) is 0 Å². The number of amides is 1. The molecule has 1 unspecified atom stereocenters. The van der Waals surface area contributed by atoms with Crippen molar-refractivity contribution < 1.29 is 9.90 Å². The van der Waals surface area contributed by atoms with Crippen LogP contribution in [0.5, 0.6) is 0 Å². The van der Waals surface area contributed by atoms with Crippen LogP contribution in [0.3, 0.4) is 0 Å².